The minimum absolute atomic E-state index is 0.215. The van der Waals surface area contributed by atoms with E-state index in [0.717, 1.165) is 22.4 Å². The van der Waals surface area contributed by atoms with Crippen LogP contribution in [0.5, 0.6) is 0 Å². The van der Waals surface area contributed by atoms with Crippen LogP contribution in [0.15, 0.2) is 36.8 Å². The highest BCUT2D eigenvalue weighted by Gasteiger charge is 2.14. The number of hydrogen-bond donors (Lipinski definition) is 2. The zero-order valence-corrected chi connectivity index (χ0v) is 11.2. The first kappa shape index (κ1) is 11.6. The predicted molar refractivity (Wildman–Crippen MR) is 78.9 cm³/mol. The topological polar surface area (TPSA) is 98.4 Å². The van der Waals surface area contributed by atoms with Gasteiger partial charge in [-0.3, -0.25) is 0 Å². The number of fused-ring (bicyclic) bond motifs is 2. The van der Waals surface area contributed by atoms with Gasteiger partial charge in [0.25, 0.3) is 0 Å². The van der Waals surface area contributed by atoms with Crippen LogP contribution in [0.2, 0.25) is 0 Å². The molecule has 0 amide bonds. The molecule has 0 saturated heterocycles. The van der Waals surface area contributed by atoms with Gasteiger partial charge in [-0.15, -0.1) is 5.10 Å². The van der Waals surface area contributed by atoms with Crippen molar-refractivity contribution in [2.24, 2.45) is 0 Å². The lowest BCUT2D eigenvalue weighted by atomic mass is 10.2. The summed E-state index contributed by atoms with van der Waals surface area (Å²) >= 11 is 0. The number of imidazole rings is 1. The molecule has 0 spiro atoms. The molecular weight excluding hydrogens is 268 g/mol. The van der Waals surface area contributed by atoms with Gasteiger partial charge in [-0.25, -0.2) is 14.0 Å². The van der Waals surface area contributed by atoms with Gasteiger partial charge < -0.3 is 11.1 Å². The van der Waals surface area contributed by atoms with Gasteiger partial charge >= 0.3 is 0 Å². The average Bonchev–Trinajstić information content (AvgIpc) is 3.11. The van der Waals surface area contributed by atoms with Crippen molar-refractivity contribution in [1.29, 1.82) is 0 Å². The van der Waals surface area contributed by atoms with Crippen LogP contribution < -0.4 is 11.1 Å². The molecule has 21 heavy (non-hydrogen) atoms. The van der Waals surface area contributed by atoms with Gasteiger partial charge in [-0.1, -0.05) is 0 Å². The number of hydrogen-bond acceptors (Lipinski definition) is 6. The van der Waals surface area contributed by atoms with Gasteiger partial charge in [0.1, 0.15) is 5.52 Å². The van der Waals surface area contributed by atoms with E-state index in [4.69, 9.17) is 5.73 Å². The second-order valence-corrected chi connectivity index (χ2v) is 4.54. The summed E-state index contributed by atoms with van der Waals surface area (Å²) in [5, 5.41) is 11.8. The Morgan fingerprint density at radius 3 is 2.86 bits per heavy atom. The molecule has 4 rings (SSSR count). The van der Waals surface area contributed by atoms with Gasteiger partial charge in [0.2, 0.25) is 5.95 Å². The minimum atomic E-state index is 0.215. The largest absolute Gasteiger partial charge is 0.371 e. The highest BCUT2D eigenvalue weighted by molar-refractivity contribution is 5.87. The average molecular weight is 280 g/mol. The normalized spacial score (nSPS) is 11.3. The Morgan fingerprint density at radius 2 is 2.00 bits per heavy atom. The molecular formula is C13H12N8. The van der Waals surface area contributed by atoms with E-state index in [1.165, 1.54) is 0 Å². The van der Waals surface area contributed by atoms with Crippen LogP contribution >= 0.6 is 0 Å². The molecule has 8 nitrogen and oxygen atoms in total. The summed E-state index contributed by atoms with van der Waals surface area (Å²) < 4.78 is 3.43. The van der Waals surface area contributed by atoms with Crippen LogP contribution in [0, 0.1) is 0 Å². The maximum Gasteiger partial charge on any atom is 0.240 e. The molecule has 8 heteroatoms. The summed E-state index contributed by atoms with van der Waals surface area (Å²) in [6.45, 7) is 0. The smallest absolute Gasteiger partial charge is 0.240 e. The number of rotatable bonds is 2. The molecule has 0 fully saturated rings. The lowest BCUT2D eigenvalue weighted by Gasteiger charge is -2.06. The third kappa shape index (κ3) is 1.69. The number of nitrogens with two attached hydrogens (primary N) is 1. The van der Waals surface area contributed by atoms with Gasteiger partial charge in [-0.2, -0.15) is 10.1 Å². The second-order valence-electron chi connectivity index (χ2n) is 4.54. The summed E-state index contributed by atoms with van der Waals surface area (Å²) in [7, 11) is 1.80. The van der Waals surface area contributed by atoms with Crippen molar-refractivity contribution in [2.75, 3.05) is 18.1 Å². The van der Waals surface area contributed by atoms with Crippen molar-refractivity contribution < 1.29 is 0 Å². The van der Waals surface area contributed by atoms with E-state index in [1.807, 2.05) is 30.6 Å². The van der Waals surface area contributed by atoms with Crippen LogP contribution in [-0.4, -0.2) is 36.2 Å². The number of nitrogens with one attached hydrogen (secondary N) is 1. The SMILES string of the molecule is CNc1nc(N)nn2ccc(-c3ccc4nccn4n3)c12. The Hall–Kier alpha value is -3.16. The van der Waals surface area contributed by atoms with E-state index >= 15 is 0 Å². The Labute approximate surface area is 119 Å². The van der Waals surface area contributed by atoms with Crippen LogP contribution in [0.3, 0.4) is 0 Å². The molecule has 0 aliphatic heterocycles. The number of aromatic nitrogens is 6. The zero-order valence-electron chi connectivity index (χ0n) is 11.2. The molecule has 0 aliphatic rings. The van der Waals surface area contributed by atoms with Gasteiger partial charge in [-0.05, 0) is 18.2 Å². The first-order valence-electron chi connectivity index (χ1n) is 6.39. The van der Waals surface area contributed by atoms with E-state index in [2.05, 4.69) is 25.5 Å². The van der Waals surface area contributed by atoms with Crippen molar-refractivity contribution in [1.82, 2.24) is 29.2 Å². The summed E-state index contributed by atoms with van der Waals surface area (Å²) in [6.07, 6.45) is 5.36. The molecule has 0 radical (unpaired) electrons. The summed E-state index contributed by atoms with van der Waals surface area (Å²) in [4.78, 5) is 8.41. The third-order valence-electron chi connectivity index (χ3n) is 3.30. The molecule has 0 bridgehead atoms. The number of nitrogen functional groups attached to an aromatic ring is 1. The standard InChI is InChI=1S/C13H12N8/c1-15-12-11-8(4-6-21(11)19-13(14)17-12)9-2-3-10-16-5-7-20(10)18-9/h2-7H,1H3,(H3,14,15,17,19). The number of anilines is 2. The van der Waals surface area contributed by atoms with Gasteiger partial charge in [0.05, 0.1) is 5.69 Å². The van der Waals surface area contributed by atoms with Crippen LogP contribution in [0.25, 0.3) is 22.4 Å². The van der Waals surface area contributed by atoms with Crippen molar-refractivity contribution in [3.8, 4) is 11.3 Å². The fraction of sp³-hybridized carbons (Fsp3) is 0.0769. The lowest BCUT2D eigenvalue weighted by molar-refractivity contribution is 0.917. The predicted octanol–water partition coefficient (Wildman–Crippen LogP) is 1.06. The lowest BCUT2D eigenvalue weighted by Crippen LogP contribution is -2.05. The molecule has 0 aliphatic carbocycles. The summed E-state index contributed by atoms with van der Waals surface area (Å²) in [6, 6.07) is 5.78. The van der Waals surface area contributed by atoms with Crippen LogP contribution in [0.4, 0.5) is 11.8 Å². The van der Waals surface area contributed by atoms with E-state index in [-0.39, 0.29) is 5.95 Å². The quantitative estimate of drug-likeness (QED) is 0.569. The van der Waals surface area contributed by atoms with Crippen molar-refractivity contribution in [3.05, 3.63) is 36.8 Å². The Bertz CT molecular complexity index is 951. The van der Waals surface area contributed by atoms with Crippen LogP contribution in [0.1, 0.15) is 0 Å². The molecule has 4 aromatic heterocycles. The van der Waals surface area contributed by atoms with Crippen LogP contribution in [-0.2, 0) is 0 Å². The van der Waals surface area contributed by atoms with Crippen molar-refractivity contribution in [2.45, 2.75) is 0 Å². The summed E-state index contributed by atoms with van der Waals surface area (Å²) in [5.41, 5.74) is 9.07. The van der Waals surface area contributed by atoms with E-state index in [0.29, 0.717) is 5.82 Å². The highest BCUT2D eigenvalue weighted by atomic mass is 15.3. The first-order chi connectivity index (χ1) is 10.3. The Kier molecular flexibility index (Phi) is 2.31. The van der Waals surface area contributed by atoms with E-state index < -0.39 is 0 Å². The number of nitrogens with zero attached hydrogens (tertiary/aromatic N) is 6. The molecule has 0 aromatic carbocycles. The Morgan fingerprint density at radius 1 is 1.10 bits per heavy atom. The molecule has 0 atom stereocenters. The minimum Gasteiger partial charge on any atom is -0.371 e. The second kappa shape index (κ2) is 4.17. The molecule has 4 heterocycles. The fourth-order valence-electron chi connectivity index (χ4n) is 2.38. The molecule has 0 saturated carbocycles. The van der Waals surface area contributed by atoms with Gasteiger partial charge in [0.15, 0.2) is 11.5 Å². The maximum atomic E-state index is 5.70. The Balaban J connectivity index is 2.01. The van der Waals surface area contributed by atoms with Crippen molar-refractivity contribution in [3.63, 3.8) is 0 Å². The molecule has 3 N–H and O–H groups in total. The van der Waals surface area contributed by atoms with E-state index in [9.17, 15) is 0 Å². The zero-order chi connectivity index (χ0) is 14.4. The monoisotopic (exact) mass is 280 g/mol. The molecule has 4 aromatic rings. The first-order valence-corrected chi connectivity index (χ1v) is 6.39. The molecule has 0 unspecified atom stereocenters. The highest BCUT2D eigenvalue weighted by Crippen LogP contribution is 2.28. The summed E-state index contributed by atoms with van der Waals surface area (Å²) in [5.74, 6) is 0.877. The van der Waals surface area contributed by atoms with Crippen molar-refractivity contribution >= 4 is 22.9 Å². The third-order valence-corrected chi connectivity index (χ3v) is 3.30. The fourth-order valence-corrected chi connectivity index (χ4v) is 2.38. The molecule has 104 valence electrons. The van der Waals surface area contributed by atoms with E-state index in [1.54, 1.807) is 22.3 Å². The van der Waals surface area contributed by atoms with Gasteiger partial charge in [0, 0.05) is 31.2 Å². The maximum absolute atomic E-state index is 5.70.